The Hall–Kier alpha value is -1.87. The lowest BCUT2D eigenvalue weighted by Gasteiger charge is -2.34. The first-order valence-electron chi connectivity index (χ1n) is 11.5. The maximum absolute atomic E-state index is 13.1. The zero-order chi connectivity index (χ0) is 25.8. The Bertz CT molecular complexity index is 680. The Kier molecular flexibility index (Phi) is 20.9. The highest BCUT2D eigenvalue weighted by molar-refractivity contribution is 7.09. The monoisotopic (exact) mass is 486 g/mol. The minimum absolute atomic E-state index is 0.127. The Morgan fingerprint density at radius 3 is 2.39 bits per heavy atom. The number of hydrogen-bond donors (Lipinski definition) is 3. The van der Waals surface area contributed by atoms with E-state index in [1.165, 1.54) is 21.9 Å². The molecule has 0 saturated heterocycles. The molecular formula is C25H43FN2O4S. The molecule has 0 aliphatic carbocycles. The van der Waals surface area contributed by atoms with Gasteiger partial charge in [0.2, 0.25) is 0 Å². The van der Waals surface area contributed by atoms with Crippen LogP contribution in [0.5, 0.6) is 0 Å². The molecule has 6 nitrogen and oxygen atoms in total. The van der Waals surface area contributed by atoms with Crippen LogP contribution >= 0.6 is 11.3 Å². The maximum atomic E-state index is 13.1. The average molecular weight is 487 g/mol. The number of rotatable bonds is 12. The first kappa shape index (κ1) is 33.3. The number of carbonyl (C=O) groups is 2. The van der Waals surface area contributed by atoms with E-state index in [4.69, 9.17) is 0 Å². The number of aldehydes is 1. The van der Waals surface area contributed by atoms with Gasteiger partial charge in [-0.15, -0.1) is 11.3 Å². The lowest BCUT2D eigenvalue weighted by Crippen LogP contribution is -2.50. The van der Waals surface area contributed by atoms with Crippen LogP contribution in [0.15, 0.2) is 41.6 Å². The standard InChI is InChI=1S/C16H26FNO4.C7H11NS.C2H6/c1-5-9-18(16(22)15(21)14(20)10-19)12(4)11(3)7-8-13(17)6-2;1-8-5-4-7-3-2-6-9-7;1-2/h6-8,10-12,14-15,20-21H,5,9H2,1-4H3;2-3,6,8H,4-5H2,1H3;1-2H3/b8-7-,13-6+;;/t11?,12?,14-,15?;;/m0../s1. The molecule has 0 fully saturated rings. The summed E-state index contributed by atoms with van der Waals surface area (Å²) >= 11 is 1.82. The van der Waals surface area contributed by atoms with Gasteiger partial charge >= 0.3 is 0 Å². The highest BCUT2D eigenvalue weighted by atomic mass is 32.1. The van der Waals surface area contributed by atoms with E-state index in [1.54, 1.807) is 19.9 Å². The van der Waals surface area contributed by atoms with Crippen molar-refractivity contribution in [2.75, 3.05) is 20.1 Å². The molecule has 33 heavy (non-hydrogen) atoms. The van der Waals surface area contributed by atoms with Gasteiger partial charge in [-0.25, -0.2) is 4.39 Å². The molecule has 4 atom stereocenters. The van der Waals surface area contributed by atoms with Crippen LogP contribution in [0.4, 0.5) is 4.39 Å². The molecule has 3 N–H and O–H groups in total. The number of aliphatic hydroxyl groups is 2. The number of allylic oxidation sites excluding steroid dienone is 3. The van der Waals surface area contributed by atoms with Crippen molar-refractivity contribution in [3.8, 4) is 0 Å². The molecule has 1 amide bonds. The molecular weight excluding hydrogens is 443 g/mol. The number of nitrogens with zero attached hydrogens (tertiary/aromatic N) is 1. The van der Waals surface area contributed by atoms with Crippen molar-refractivity contribution < 1.29 is 24.2 Å². The molecule has 190 valence electrons. The van der Waals surface area contributed by atoms with E-state index in [0.29, 0.717) is 13.0 Å². The van der Waals surface area contributed by atoms with Crippen molar-refractivity contribution in [3.63, 3.8) is 0 Å². The Morgan fingerprint density at radius 2 is 1.94 bits per heavy atom. The fourth-order valence-corrected chi connectivity index (χ4v) is 3.34. The topological polar surface area (TPSA) is 89.9 Å². The predicted octanol–water partition coefficient (Wildman–Crippen LogP) is 4.14. The maximum Gasteiger partial charge on any atom is 0.254 e. The van der Waals surface area contributed by atoms with Crippen molar-refractivity contribution in [1.82, 2.24) is 10.2 Å². The summed E-state index contributed by atoms with van der Waals surface area (Å²) in [6, 6.07) is 3.94. The molecule has 0 radical (unpaired) electrons. The van der Waals surface area contributed by atoms with Crippen LogP contribution < -0.4 is 5.32 Å². The SMILES string of the molecule is C/C=C(F)\C=C/C(C)C(C)N(CCC)C(=O)C(O)[C@@H](O)C=O.CC.CNCCc1cccs1. The van der Waals surface area contributed by atoms with Crippen LogP contribution in [0.25, 0.3) is 0 Å². The van der Waals surface area contributed by atoms with E-state index in [1.807, 2.05) is 46.1 Å². The minimum Gasteiger partial charge on any atom is -0.382 e. The molecule has 0 spiro atoms. The van der Waals surface area contributed by atoms with Crippen molar-refractivity contribution >= 4 is 23.5 Å². The number of likely N-dealkylation sites (N-methyl/N-ethyl adjacent to an activating group) is 1. The van der Waals surface area contributed by atoms with Crippen LogP contribution in [0.3, 0.4) is 0 Å². The zero-order valence-electron chi connectivity index (χ0n) is 21.1. The zero-order valence-corrected chi connectivity index (χ0v) is 21.9. The second-order valence-corrected chi connectivity index (χ2v) is 8.20. The van der Waals surface area contributed by atoms with Gasteiger partial charge in [0, 0.05) is 17.5 Å². The highest BCUT2D eigenvalue weighted by Crippen LogP contribution is 2.16. The summed E-state index contributed by atoms with van der Waals surface area (Å²) < 4.78 is 13.1. The number of nitrogens with one attached hydrogen (secondary N) is 1. The van der Waals surface area contributed by atoms with Crippen molar-refractivity contribution in [2.24, 2.45) is 5.92 Å². The lowest BCUT2D eigenvalue weighted by atomic mass is 9.99. The molecule has 0 saturated carbocycles. The Morgan fingerprint density at radius 1 is 1.30 bits per heavy atom. The van der Waals surface area contributed by atoms with Gasteiger partial charge in [0.25, 0.3) is 5.91 Å². The summed E-state index contributed by atoms with van der Waals surface area (Å²) in [5.74, 6) is -1.24. The molecule has 0 bridgehead atoms. The molecule has 0 aliphatic heterocycles. The van der Waals surface area contributed by atoms with E-state index < -0.39 is 18.1 Å². The number of aliphatic hydroxyl groups excluding tert-OH is 2. The van der Waals surface area contributed by atoms with Crippen LogP contribution in [-0.2, 0) is 16.0 Å². The van der Waals surface area contributed by atoms with Gasteiger partial charge in [-0.2, -0.15) is 0 Å². The molecule has 3 unspecified atom stereocenters. The summed E-state index contributed by atoms with van der Waals surface area (Å²) in [6.45, 7) is 12.5. The van der Waals surface area contributed by atoms with Crippen LogP contribution in [-0.4, -0.2) is 65.7 Å². The van der Waals surface area contributed by atoms with Gasteiger partial charge in [-0.3, -0.25) is 4.79 Å². The molecule has 1 aromatic heterocycles. The number of carbonyl (C=O) groups excluding carboxylic acids is 2. The van der Waals surface area contributed by atoms with E-state index in [9.17, 15) is 24.2 Å². The first-order valence-corrected chi connectivity index (χ1v) is 12.4. The fourth-order valence-electron chi connectivity index (χ4n) is 2.63. The van der Waals surface area contributed by atoms with Crippen LogP contribution in [0.2, 0.25) is 0 Å². The number of thiophene rings is 1. The fraction of sp³-hybridized carbons (Fsp3) is 0.600. The second kappa shape index (κ2) is 20.7. The third-order valence-corrected chi connectivity index (χ3v) is 5.69. The summed E-state index contributed by atoms with van der Waals surface area (Å²) in [7, 11) is 1.98. The van der Waals surface area contributed by atoms with Crippen LogP contribution in [0.1, 0.15) is 52.8 Å². The van der Waals surface area contributed by atoms with E-state index in [0.717, 1.165) is 13.0 Å². The lowest BCUT2D eigenvalue weighted by molar-refractivity contribution is -0.151. The molecule has 1 heterocycles. The Balaban J connectivity index is 0. The summed E-state index contributed by atoms with van der Waals surface area (Å²) in [5, 5.41) is 24.2. The smallest absolute Gasteiger partial charge is 0.254 e. The van der Waals surface area contributed by atoms with Gasteiger partial charge in [-0.1, -0.05) is 45.9 Å². The number of amides is 1. The average Bonchev–Trinajstić information content (AvgIpc) is 3.37. The predicted molar refractivity (Wildman–Crippen MR) is 136 cm³/mol. The van der Waals surface area contributed by atoms with E-state index >= 15 is 0 Å². The second-order valence-electron chi connectivity index (χ2n) is 7.17. The summed E-state index contributed by atoms with van der Waals surface area (Å²) in [6.07, 6.45) is 2.70. The molecule has 0 aliphatic rings. The third-order valence-electron chi connectivity index (χ3n) is 4.75. The van der Waals surface area contributed by atoms with Gasteiger partial charge in [-0.05, 0) is 63.7 Å². The van der Waals surface area contributed by atoms with Crippen LogP contribution in [0, 0.1) is 5.92 Å². The van der Waals surface area contributed by atoms with E-state index in [2.05, 4.69) is 22.8 Å². The molecule has 1 aromatic rings. The Labute approximate surface area is 203 Å². The first-order chi connectivity index (χ1) is 15.7. The van der Waals surface area contributed by atoms with Gasteiger partial charge in [0.15, 0.2) is 12.4 Å². The number of hydrogen-bond acceptors (Lipinski definition) is 6. The third kappa shape index (κ3) is 14.1. The summed E-state index contributed by atoms with van der Waals surface area (Å²) in [4.78, 5) is 25.6. The van der Waals surface area contributed by atoms with Crippen molar-refractivity contribution in [1.29, 1.82) is 0 Å². The number of halogens is 1. The van der Waals surface area contributed by atoms with Gasteiger partial charge < -0.3 is 25.2 Å². The quantitative estimate of drug-likeness (QED) is 0.305. The highest BCUT2D eigenvalue weighted by Gasteiger charge is 2.31. The normalized spacial score (nSPS) is 14.8. The summed E-state index contributed by atoms with van der Waals surface area (Å²) in [5.41, 5.74) is 0. The van der Waals surface area contributed by atoms with E-state index in [-0.39, 0.29) is 24.1 Å². The van der Waals surface area contributed by atoms with Gasteiger partial charge in [0.1, 0.15) is 11.9 Å². The largest absolute Gasteiger partial charge is 0.382 e. The van der Waals surface area contributed by atoms with Crippen molar-refractivity contribution in [2.45, 2.75) is 72.6 Å². The molecule has 8 heteroatoms. The molecule has 0 aromatic carbocycles. The molecule has 1 rings (SSSR count). The minimum atomic E-state index is -1.78. The van der Waals surface area contributed by atoms with Gasteiger partial charge in [0.05, 0.1) is 0 Å². The van der Waals surface area contributed by atoms with Crippen molar-refractivity contribution in [3.05, 3.63) is 46.4 Å².